The van der Waals surface area contributed by atoms with Crippen molar-refractivity contribution >= 4 is 5.69 Å². The molecule has 1 aromatic carbocycles. The Hall–Kier alpha value is -2.04. The molecule has 14 heavy (non-hydrogen) atoms. The number of rotatable bonds is 2. The summed E-state index contributed by atoms with van der Waals surface area (Å²) in [7, 11) is 1.60. The molecule has 0 aliphatic heterocycles. The lowest BCUT2D eigenvalue weighted by molar-refractivity contribution is 0.414. The lowest BCUT2D eigenvalue weighted by atomic mass is 10.2. The van der Waals surface area contributed by atoms with E-state index in [4.69, 9.17) is 10.5 Å². The van der Waals surface area contributed by atoms with E-state index in [0.717, 1.165) is 5.75 Å². The minimum absolute atomic E-state index is 0.613. The number of hydrogen-bond acceptors (Lipinski definition) is 4. The maximum Gasteiger partial charge on any atom is 0.121 e. The normalized spacial score (nSPS) is 10.1. The van der Waals surface area contributed by atoms with Crippen molar-refractivity contribution < 1.29 is 4.74 Å². The maximum atomic E-state index is 5.78. The summed E-state index contributed by atoms with van der Waals surface area (Å²) in [6.07, 6.45) is 3.19. The second-order valence-electron chi connectivity index (χ2n) is 2.74. The number of anilines is 1. The van der Waals surface area contributed by atoms with Crippen molar-refractivity contribution in [2.75, 3.05) is 12.8 Å². The van der Waals surface area contributed by atoms with Crippen molar-refractivity contribution in [2.24, 2.45) is 0 Å². The topological polar surface area (TPSA) is 66.0 Å². The summed E-state index contributed by atoms with van der Waals surface area (Å²) in [5.74, 6) is 0.728. The summed E-state index contributed by atoms with van der Waals surface area (Å²) in [6, 6.07) is 5.34. The smallest absolute Gasteiger partial charge is 0.121 e. The van der Waals surface area contributed by atoms with E-state index in [0.29, 0.717) is 11.4 Å². The molecular weight excluding hydrogens is 180 g/mol. The van der Waals surface area contributed by atoms with Crippen molar-refractivity contribution in [3.63, 3.8) is 0 Å². The van der Waals surface area contributed by atoms with Gasteiger partial charge in [0.25, 0.3) is 0 Å². The number of nitrogens with zero attached hydrogens (tertiary/aromatic N) is 3. The predicted octanol–water partition coefficient (Wildman–Crippen LogP) is 0.858. The first-order valence-corrected chi connectivity index (χ1v) is 4.11. The fourth-order valence-corrected chi connectivity index (χ4v) is 1.16. The first kappa shape index (κ1) is 8.55. The number of hydrogen-bond donors (Lipinski definition) is 1. The maximum absolute atomic E-state index is 5.78. The molecule has 2 rings (SSSR count). The molecule has 0 unspecified atom stereocenters. The Morgan fingerprint density at radius 1 is 1.29 bits per heavy atom. The van der Waals surface area contributed by atoms with E-state index in [9.17, 15) is 0 Å². The summed E-state index contributed by atoms with van der Waals surface area (Å²) in [5.41, 5.74) is 7.11. The summed E-state index contributed by atoms with van der Waals surface area (Å²) < 4.78 is 5.08. The third-order valence-corrected chi connectivity index (χ3v) is 1.87. The van der Waals surface area contributed by atoms with Gasteiger partial charge in [0, 0.05) is 6.07 Å². The Kier molecular flexibility index (Phi) is 2.06. The molecule has 1 aromatic heterocycles. The monoisotopic (exact) mass is 190 g/mol. The molecule has 0 radical (unpaired) electrons. The number of aromatic nitrogens is 3. The molecule has 0 amide bonds. The van der Waals surface area contributed by atoms with E-state index >= 15 is 0 Å². The number of ether oxygens (including phenoxy) is 1. The fraction of sp³-hybridized carbons (Fsp3) is 0.111. The molecule has 1 heterocycles. The van der Waals surface area contributed by atoms with Crippen LogP contribution < -0.4 is 10.5 Å². The third kappa shape index (κ3) is 1.39. The SMILES string of the molecule is COc1ccc(N)c(-n2nccn2)c1. The average molecular weight is 190 g/mol. The molecule has 2 aromatic rings. The highest BCUT2D eigenvalue weighted by Crippen LogP contribution is 2.21. The Labute approximate surface area is 81.1 Å². The van der Waals surface area contributed by atoms with Crippen molar-refractivity contribution in [1.29, 1.82) is 0 Å². The Balaban J connectivity index is 2.51. The van der Waals surface area contributed by atoms with E-state index in [1.165, 1.54) is 4.80 Å². The molecule has 0 aliphatic rings. The molecule has 0 fully saturated rings. The van der Waals surface area contributed by atoms with Crippen molar-refractivity contribution in [1.82, 2.24) is 15.0 Å². The highest BCUT2D eigenvalue weighted by atomic mass is 16.5. The molecule has 2 N–H and O–H groups in total. The summed E-state index contributed by atoms with van der Waals surface area (Å²) >= 11 is 0. The molecule has 0 saturated carbocycles. The minimum Gasteiger partial charge on any atom is -0.497 e. The number of methoxy groups -OCH3 is 1. The Morgan fingerprint density at radius 2 is 2.00 bits per heavy atom. The van der Waals surface area contributed by atoms with Gasteiger partial charge in [0.1, 0.15) is 11.4 Å². The van der Waals surface area contributed by atoms with Crippen LogP contribution in [0.25, 0.3) is 5.69 Å². The van der Waals surface area contributed by atoms with Crippen molar-refractivity contribution in [2.45, 2.75) is 0 Å². The molecule has 0 spiro atoms. The third-order valence-electron chi connectivity index (χ3n) is 1.87. The highest BCUT2D eigenvalue weighted by Gasteiger charge is 2.04. The van der Waals surface area contributed by atoms with Gasteiger partial charge in [-0.2, -0.15) is 10.2 Å². The molecule has 0 aliphatic carbocycles. The van der Waals surface area contributed by atoms with E-state index in [1.807, 2.05) is 0 Å². The van der Waals surface area contributed by atoms with Crippen molar-refractivity contribution in [3.8, 4) is 11.4 Å². The second-order valence-corrected chi connectivity index (χ2v) is 2.74. The summed E-state index contributed by atoms with van der Waals surface area (Å²) in [6.45, 7) is 0. The van der Waals surface area contributed by atoms with Crippen molar-refractivity contribution in [3.05, 3.63) is 30.6 Å². The van der Waals surface area contributed by atoms with E-state index in [-0.39, 0.29) is 0 Å². The zero-order valence-corrected chi connectivity index (χ0v) is 7.71. The zero-order chi connectivity index (χ0) is 9.97. The summed E-state index contributed by atoms with van der Waals surface area (Å²) in [4.78, 5) is 1.46. The lowest BCUT2D eigenvalue weighted by Gasteiger charge is -2.06. The van der Waals surface area contributed by atoms with Gasteiger partial charge in [-0.25, -0.2) is 0 Å². The number of nitrogens with two attached hydrogens (primary N) is 1. The van der Waals surface area contributed by atoms with Crippen LogP contribution in [0.5, 0.6) is 5.75 Å². The van der Waals surface area contributed by atoms with E-state index < -0.39 is 0 Å². The van der Waals surface area contributed by atoms with Gasteiger partial charge in [0.2, 0.25) is 0 Å². The Morgan fingerprint density at radius 3 is 2.64 bits per heavy atom. The van der Waals surface area contributed by atoms with Gasteiger partial charge >= 0.3 is 0 Å². The molecular formula is C9H10N4O. The first-order chi connectivity index (χ1) is 6.81. The molecule has 0 saturated heterocycles. The van der Waals surface area contributed by atoms with Crippen LogP contribution in [-0.2, 0) is 0 Å². The average Bonchev–Trinajstić information content (AvgIpc) is 2.71. The van der Waals surface area contributed by atoms with Crippen LogP contribution in [0, 0.1) is 0 Å². The molecule has 5 nitrogen and oxygen atoms in total. The molecule has 5 heteroatoms. The Bertz CT molecular complexity index is 424. The zero-order valence-electron chi connectivity index (χ0n) is 7.71. The van der Waals surface area contributed by atoms with Crippen LogP contribution >= 0.6 is 0 Å². The number of nitrogen functional groups attached to an aromatic ring is 1. The van der Waals surface area contributed by atoms with E-state index in [2.05, 4.69) is 10.2 Å². The summed E-state index contributed by atoms with van der Waals surface area (Å²) in [5, 5.41) is 7.99. The van der Waals surface area contributed by atoms with Gasteiger partial charge in [-0.3, -0.25) is 0 Å². The lowest BCUT2D eigenvalue weighted by Crippen LogP contribution is -2.03. The predicted molar refractivity (Wildman–Crippen MR) is 52.3 cm³/mol. The second kappa shape index (κ2) is 3.37. The van der Waals surface area contributed by atoms with Gasteiger partial charge in [0.15, 0.2) is 0 Å². The number of benzene rings is 1. The molecule has 0 bridgehead atoms. The van der Waals surface area contributed by atoms with Crippen LogP contribution in [0.15, 0.2) is 30.6 Å². The van der Waals surface area contributed by atoms with Gasteiger partial charge in [-0.05, 0) is 12.1 Å². The van der Waals surface area contributed by atoms with Crippen LogP contribution in [0.4, 0.5) is 5.69 Å². The quantitative estimate of drug-likeness (QED) is 0.713. The van der Waals surface area contributed by atoms with E-state index in [1.54, 1.807) is 37.7 Å². The molecule has 0 atom stereocenters. The van der Waals surface area contributed by atoms with Gasteiger partial charge in [-0.1, -0.05) is 0 Å². The fourth-order valence-electron chi connectivity index (χ4n) is 1.16. The highest BCUT2D eigenvalue weighted by molar-refractivity contribution is 5.59. The van der Waals surface area contributed by atoms with Crippen LogP contribution in [0.2, 0.25) is 0 Å². The largest absolute Gasteiger partial charge is 0.497 e. The van der Waals surface area contributed by atoms with Crippen LogP contribution in [0.3, 0.4) is 0 Å². The van der Waals surface area contributed by atoms with Crippen LogP contribution in [-0.4, -0.2) is 22.1 Å². The standard InChI is InChI=1S/C9H10N4O/c1-14-7-2-3-8(10)9(6-7)13-11-4-5-12-13/h2-6H,10H2,1H3. The minimum atomic E-state index is 0.613. The van der Waals surface area contributed by atoms with Gasteiger partial charge in [-0.15, -0.1) is 4.80 Å². The van der Waals surface area contributed by atoms with Gasteiger partial charge in [0.05, 0.1) is 25.2 Å². The molecule has 72 valence electrons. The van der Waals surface area contributed by atoms with Crippen LogP contribution in [0.1, 0.15) is 0 Å². The first-order valence-electron chi connectivity index (χ1n) is 4.11. The van der Waals surface area contributed by atoms with Gasteiger partial charge < -0.3 is 10.5 Å².